The zero-order chi connectivity index (χ0) is 16.9. The summed E-state index contributed by atoms with van der Waals surface area (Å²) in [6, 6.07) is 1.29. The van der Waals surface area contributed by atoms with Crippen LogP contribution in [0.5, 0.6) is 0 Å². The van der Waals surface area contributed by atoms with Crippen molar-refractivity contribution < 1.29 is 26.3 Å². The van der Waals surface area contributed by atoms with Crippen LogP contribution in [-0.2, 0) is 12.1 Å². The van der Waals surface area contributed by atoms with E-state index in [2.05, 4.69) is 20.9 Å². The summed E-state index contributed by atoms with van der Waals surface area (Å²) >= 11 is 8.32. The van der Waals surface area contributed by atoms with Crippen molar-refractivity contribution in [2.45, 2.75) is 19.0 Å². The monoisotopic (exact) mass is 406 g/mol. The summed E-state index contributed by atoms with van der Waals surface area (Å²) in [5.74, 6) is -5.07. The Morgan fingerprint density at radius 3 is 2.18 bits per heavy atom. The molecule has 2 rings (SSSR count). The minimum absolute atomic E-state index is 0.480. The van der Waals surface area contributed by atoms with Gasteiger partial charge in [0.25, 0.3) is 5.92 Å². The summed E-state index contributed by atoms with van der Waals surface area (Å²) in [5.41, 5.74) is -2.45. The van der Waals surface area contributed by atoms with Gasteiger partial charge in [-0.05, 0) is 28.1 Å². The molecule has 2 nitrogen and oxygen atoms in total. The van der Waals surface area contributed by atoms with E-state index in [1.165, 1.54) is 0 Å². The molecule has 0 atom stereocenters. The molecular weight excluding hydrogens is 401 g/mol. The first-order chi connectivity index (χ1) is 9.91. The molecule has 0 unspecified atom stereocenters. The standard InChI is InChI=1S/C12H6BrClF6N2/c1-11(16,17)4-2-5(14)7(6(15)3-4)10-21-8(9(13)22-10)12(18,19)20/h2-3H,1H3,(H,21,22). The van der Waals surface area contributed by atoms with Crippen LogP contribution >= 0.6 is 27.5 Å². The summed E-state index contributed by atoms with van der Waals surface area (Å²) in [4.78, 5) is 5.37. The van der Waals surface area contributed by atoms with Crippen LogP contribution in [0.25, 0.3) is 11.4 Å². The van der Waals surface area contributed by atoms with Gasteiger partial charge in [0.15, 0.2) is 5.69 Å². The number of imidazole rings is 1. The number of benzene rings is 1. The van der Waals surface area contributed by atoms with Gasteiger partial charge in [-0.3, -0.25) is 0 Å². The van der Waals surface area contributed by atoms with Crippen molar-refractivity contribution >= 4 is 27.5 Å². The van der Waals surface area contributed by atoms with E-state index in [1.807, 2.05) is 4.98 Å². The summed E-state index contributed by atoms with van der Waals surface area (Å²) < 4.78 is 77.8. The lowest BCUT2D eigenvalue weighted by atomic mass is 10.1. The zero-order valence-electron chi connectivity index (χ0n) is 10.6. The average molecular weight is 408 g/mol. The molecule has 0 aliphatic heterocycles. The maximum absolute atomic E-state index is 14.0. The zero-order valence-corrected chi connectivity index (χ0v) is 13.0. The normalized spacial score (nSPS) is 12.8. The van der Waals surface area contributed by atoms with Gasteiger partial charge >= 0.3 is 6.18 Å². The van der Waals surface area contributed by atoms with Crippen LogP contribution in [0, 0.1) is 5.82 Å². The van der Waals surface area contributed by atoms with E-state index in [1.54, 1.807) is 0 Å². The Hall–Kier alpha value is -1.22. The largest absolute Gasteiger partial charge is 0.433 e. The number of H-pyrrole nitrogens is 1. The third kappa shape index (κ3) is 3.24. The van der Waals surface area contributed by atoms with Crippen LogP contribution in [0.15, 0.2) is 16.7 Å². The first-order valence-electron chi connectivity index (χ1n) is 5.61. The van der Waals surface area contributed by atoms with E-state index in [0.717, 1.165) is 6.07 Å². The van der Waals surface area contributed by atoms with Crippen LogP contribution in [0.4, 0.5) is 26.3 Å². The van der Waals surface area contributed by atoms with Crippen molar-refractivity contribution in [2.24, 2.45) is 0 Å². The molecule has 0 aliphatic carbocycles. The van der Waals surface area contributed by atoms with Crippen molar-refractivity contribution in [3.63, 3.8) is 0 Å². The van der Waals surface area contributed by atoms with E-state index in [4.69, 9.17) is 11.6 Å². The maximum atomic E-state index is 14.0. The number of nitrogens with zero attached hydrogens (tertiary/aromatic N) is 1. The highest BCUT2D eigenvalue weighted by molar-refractivity contribution is 9.10. The van der Waals surface area contributed by atoms with E-state index in [-0.39, 0.29) is 0 Å². The molecule has 0 radical (unpaired) electrons. The van der Waals surface area contributed by atoms with E-state index < -0.39 is 50.2 Å². The van der Waals surface area contributed by atoms with Crippen molar-refractivity contribution in [2.75, 3.05) is 0 Å². The third-order valence-corrected chi connectivity index (χ3v) is 3.60. The molecule has 0 saturated carbocycles. The lowest BCUT2D eigenvalue weighted by Gasteiger charge is -2.13. The van der Waals surface area contributed by atoms with Gasteiger partial charge in [0.2, 0.25) is 0 Å². The molecule has 0 spiro atoms. The van der Waals surface area contributed by atoms with Crippen LogP contribution < -0.4 is 0 Å². The maximum Gasteiger partial charge on any atom is 0.433 e. The predicted octanol–water partition coefficient (Wildman–Crippen LogP) is 5.76. The van der Waals surface area contributed by atoms with E-state index >= 15 is 0 Å². The third-order valence-electron chi connectivity index (χ3n) is 2.73. The Labute approximate surface area is 133 Å². The van der Waals surface area contributed by atoms with Crippen molar-refractivity contribution in [1.82, 2.24) is 9.97 Å². The Bertz CT molecular complexity index is 696. The van der Waals surface area contributed by atoms with Gasteiger partial charge in [-0.25, -0.2) is 18.2 Å². The molecule has 0 bridgehead atoms. The molecular formula is C12H6BrClF6N2. The quantitative estimate of drug-likeness (QED) is 0.630. The number of hydrogen-bond acceptors (Lipinski definition) is 1. The predicted molar refractivity (Wildman–Crippen MR) is 71.3 cm³/mol. The van der Waals surface area contributed by atoms with Gasteiger partial charge < -0.3 is 4.98 Å². The van der Waals surface area contributed by atoms with Crippen LogP contribution in [0.3, 0.4) is 0 Å². The second-order valence-corrected chi connectivity index (χ2v) is 5.61. The van der Waals surface area contributed by atoms with Crippen LogP contribution in [0.2, 0.25) is 5.02 Å². The SMILES string of the molecule is CC(F)(F)c1cc(F)c(-c2nc(Br)c(C(F)(F)F)[nH]2)c(Cl)c1. The van der Waals surface area contributed by atoms with Gasteiger partial charge in [0, 0.05) is 12.5 Å². The summed E-state index contributed by atoms with van der Waals surface area (Å²) in [6.45, 7) is 0.545. The van der Waals surface area contributed by atoms with Gasteiger partial charge in [0.05, 0.1) is 10.6 Å². The number of aromatic nitrogens is 2. The fraction of sp³-hybridized carbons (Fsp3) is 0.250. The lowest BCUT2D eigenvalue weighted by molar-refractivity contribution is -0.141. The highest BCUT2D eigenvalue weighted by atomic mass is 79.9. The molecule has 1 aromatic carbocycles. The van der Waals surface area contributed by atoms with E-state index in [0.29, 0.717) is 13.0 Å². The van der Waals surface area contributed by atoms with Crippen LogP contribution in [-0.4, -0.2) is 9.97 Å². The lowest BCUT2D eigenvalue weighted by Crippen LogP contribution is -2.08. The minimum Gasteiger partial charge on any atom is -0.333 e. The smallest absolute Gasteiger partial charge is 0.333 e. The number of aromatic amines is 1. The molecule has 0 saturated heterocycles. The number of alkyl halides is 5. The van der Waals surface area contributed by atoms with Crippen molar-refractivity contribution in [1.29, 1.82) is 0 Å². The van der Waals surface area contributed by atoms with Gasteiger partial charge in [-0.15, -0.1) is 0 Å². The summed E-state index contributed by atoms with van der Waals surface area (Å²) in [7, 11) is 0. The highest BCUT2D eigenvalue weighted by Crippen LogP contribution is 2.39. The molecule has 1 N–H and O–H groups in total. The molecule has 120 valence electrons. The summed E-state index contributed by atoms with van der Waals surface area (Å²) in [5, 5.41) is -0.480. The summed E-state index contributed by atoms with van der Waals surface area (Å²) in [6.07, 6.45) is -4.75. The minimum atomic E-state index is -4.75. The molecule has 0 amide bonds. The molecule has 1 aromatic heterocycles. The first-order valence-corrected chi connectivity index (χ1v) is 6.78. The number of hydrogen-bond donors (Lipinski definition) is 1. The fourth-order valence-corrected chi connectivity index (χ4v) is 2.51. The second kappa shape index (κ2) is 5.45. The van der Waals surface area contributed by atoms with Gasteiger partial charge in [-0.2, -0.15) is 13.2 Å². The Morgan fingerprint density at radius 2 is 1.77 bits per heavy atom. The Morgan fingerprint density at radius 1 is 1.18 bits per heavy atom. The number of halogens is 8. The molecule has 22 heavy (non-hydrogen) atoms. The number of rotatable bonds is 2. The number of nitrogens with one attached hydrogen (secondary N) is 1. The Kier molecular flexibility index (Phi) is 4.25. The van der Waals surface area contributed by atoms with Crippen LogP contribution in [0.1, 0.15) is 18.2 Å². The van der Waals surface area contributed by atoms with Crippen molar-refractivity contribution in [3.05, 3.63) is 38.8 Å². The van der Waals surface area contributed by atoms with E-state index in [9.17, 15) is 26.3 Å². The average Bonchev–Trinajstić information content (AvgIpc) is 2.68. The van der Waals surface area contributed by atoms with Gasteiger partial charge in [-0.1, -0.05) is 11.6 Å². The molecule has 2 aromatic rings. The molecule has 0 aliphatic rings. The molecule has 0 fully saturated rings. The second-order valence-electron chi connectivity index (χ2n) is 4.45. The fourth-order valence-electron chi connectivity index (χ4n) is 1.71. The van der Waals surface area contributed by atoms with Crippen molar-refractivity contribution in [3.8, 4) is 11.4 Å². The topological polar surface area (TPSA) is 28.7 Å². The first kappa shape index (κ1) is 17.1. The highest BCUT2D eigenvalue weighted by Gasteiger charge is 2.37. The van der Waals surface area contributed by atoms with Gasteiger partial charge in [0.1, 0.15) is 16.2 Å². The molecule has 1 heterocycles. The molecule has 10 heteroatoms. The Balaban J connectivity index is 2.60.